The van der Waals surface area contributed by atoms with Gasteiger partial charge in [-0.1, -0.05) is 6.07 Å². The first kappa shape index (κ1) is 18.9. The molecule has 150 valence electrons. The lowest BCUT2D eigenvalue weighted by Gasteiger charge is -2.19. The van der Waals surface area contributed by atoms with E-state index in [-0.39, 0.29) is 0 Å². The first-order valence-electron chi connectivity index (χ1n) is 9.20. The molecule has 1 unspecified atom stereocenters. The second kappa shape index (κ2) is 7.50. The standard InChI is InChI=1S/C22H20O7/c1-12-16-11-15(28-13(2)21(23)25-3)5-7-17(16)29-22(24)20(12)14-4-6-18-19(10-14)27-9-8-26-18/h4-7,10-11,13H,8-9H2,1-3H3. The Kier molecular flexibility index (Phi) is 4.88. The summed E-state index contributed by atoms with van der Waals surface area (Å²) < 4.78 is 27.0. The summed E-state index contributed by atoms with van der Waals surface area (Å²) in [5.74, 6) is 1.24. The highest BCUT2D eigenvalue weighted by atomic mass is 16.6. The summed E-state index contributed by atoms with van der Waals surface area (Å²) in [4.78, 5) is 24.3. The Morgan fingerprint density at radius 1 is 1.07 bits per heavy atom. The highest BCUT2D eigenvalue weighted by molar-refractivity contribution is 5.88. The van der Waals surface area contributed by atoms with Gasteiger partial charge in [0.1, 0.15) is 24.5 Å². The quantitative estimate of drug-likeness (QED) is 0.493. The number of aryl methyl sites for hydroxylation is 1. The SMILES string of the molecule is COC(=O)C(C)Oc1ccc2oc(=O)c(-c3ccc4c(c3)OCCO4)c(C)c2c1. The van der Waals surface area contributed by atoms with E-state index in [0.29, 0.717) is 52.6 Å². The van der Waals surface area contributed by atoms with Crippen molar-refractivity contribution in [2.75, 3.05) is 20.3 Å². The number of hydrogen-bond acceptors (Lipinski definition) is 7. The molecule has 2 aromatic carbocycles. The van der Waals surface area contributed by atoms with Crippen molar-refractivity contribution in [3.05, 3.63) is 52.4 Å². The number of carbonyl (C=O) groups excluding carboxylic acids is 1. The van der Waals surface area contributed by atoms with E-state index < -0.39 is 17.7 Å². The van der Waals surface area contributed by atoms with Crippen molar-refractivity contribution in [2.45, 2.75) is 20.0 Å². The number of carbonyl (C=O) groups is 1. The van der Waals surface area contributed by atoms with Gasteiger partial charge in [-0.15, -0.1) is 0 Å². The van der Waals surface area contributed by atoms with Crippen LogP contribution in [0.1, 0.15) is 12.5 Å². The van der Waals surface area contributed by atoms with E-state index in [1.807, 2.05) is 6.92 Å². The number of benzene rings is 2. The van der Waals surface area contributed by atoms with Crippen LogP contribution in [0.15, 0.2) is 45.6 Å². The number of rotatable bonds is 4. The van der Waals surface area contributed by atoms with Crippen LogP contribution in [0.2, 0.25) is 0 Å². The summed E-state index contributed by atoms with van der Waals surface area (Å²) in [6, 6.07) is 10.4. The Morgan fingerprint density at radius 2 is 1.83 bits per heavy atom. The number of ether oxygens (including phenoxy) is 4. The van der Waals surface area contributed by atoms with Gasteiger partial charge in [0.15, 0.2) is 17.6 Å². The summed E-state index contributed by atoms with van der Waals surface area (Å²) >= 11 is 0. The third-order valence-electron chi connectivity index (χ3n) is 4.81. The van der Waals surface area contributed by atoms with Gasteiger partial charge in [-0.3, -0.25) is 0 Å². The van der Waals surface area contributed by atoms with Crippen molar-refractivity contribution in [3.63, 3.8) is 0 Å². The average molecular weight is 396 g/mol. The Morgan fingerprint density at radius 3 is 2.59 bits per heavy atom. The van der Waals surface area contributed by atoms with Crippen molar-refractivity contribution >= 4 is 16.9 Å². The molecule has 7 heteroatoms. The molecule has 0 bridgehead atoms. The molecule has 2 heterocycles. The fraction of sp³-hybridized carbons (Fsp3) is 0.273. The third kappa shape index (κ3) is 3.51. The van der Waals surface area contributed by atoms with E-state index in [1.54, 1.807) is 43.3 Å². The van der Waals surface area contributed by atoms with E-state index in [9.17, 15) is 9.59 Å². The highest BCUT2D eigenvalue weighted by Crippen LogP contribution is 2.36. The summed E-state index contributed by atoms with van der Waals surface area (Å²) in [6.45, 7) is 4.41. The number of methoxy groups -OCH3 is 1. The van der Waals surface area contributed by atoms with Gasteiger partial charge in [0, 0.05) is 5.39 Å². The van der Waals surface area contributed by atoms with Crippen molar-refractivity contribution in [3.8, 4) is 28.4 Å². The number of hydrogen-bond donors (Lipinski definition) is 0. The average Bonchev–Trinajstić information content (AvgIpc) is 2.73. The molecule has 1 aliphatic heterocycles. The van der Waals surface area contributed by atoms with Crippen LogP contribution >= 0.6 is 0 Å². The van der Waals surface area contributed by atoms with Gasteiger partial charge in [0.05, 0.1) is 12.7 Å². The second-order valence-electron chi connectivity index (χ2n) is 6.69. The maximum atomic E-state index is 12.7. The summed E-state index contributed by atoms with van der Waals surface area (Å²) in [5.41, 5.74) is 1.85. The maximum Gasteiger partial charge on any atom is 0.346 e. The molecule has 1 aliphatic rings. The minimum atomic E-state index is -0.759. The predicted molar refractivity (Wildman–Crippen MR) is 106 cm³/mol. The van der Waals surface area contributed by atoms with Crippen LogP contribution in [0.3, 0.4) is 0 Å². The molecular formula is C22H20O7. The minimum Gasteiger partial charge on any atom is -0.486 e. The van der Waals surface area contributed by atoms with Crippen LogP contribution in [-0.2, 0) is 9.53 Å². The molecule has 0 N–H and O–H groups in total. The topological polar surface area (TPSA) is 84.2 Å². The smallest absolute Gasteiger partial charge is 0.346 e. The summed E-state index contributed by atoms with van der Waals surface area (Å²) in [6.07, 6.45) is -0.759. The number of esters is 1. The molecule has 1 aromatic heterocycles. The van der Waals surface area contributed by atoms with E-state index in [4.69, 9.17) is 18.6 Å². The largest absolute Gasteiger partial charge is 0.486 e. The first-order chi connectivity index (χ1) is 14.0. The Bertz CT molecular complexity index is 1150. The van der Waals surface area contributed by atoms with Crippen molar-refractivity contribution < 1.29 is 28.2 Å². The molecule has 0 saturated carbocycles. The van der Waals surface area contributed by atoms with Crippen LogP contribution in [-0.4, -0.2) is 32.4 Å². The van der Waals surface area contributed by atoms with Gasteiger partial charge >= 0.3 is 11.6 Å². The molecule has 7 nitrogen and oxygen atoms in total. The van der Waals surface area contributed by atoms with Crippen LogP contribution in [0.25, 0.3) is 22.1 Å². The van der Waals surface area contributed by atoms with Gasteiger partial charge < -0.3 is 23.4 Å². The van der Waals surface area contributed by atoms with Gasteiger partial charge in [0.25, 0.3) is 0 Å². The van der Waals surface area contributed by atoms with E-state index in [2.05, 4.69) is 4.74 Å². The minimum absolute atomic E-state index is 0.437. The lowest BCUT2D eigenvalue weighted by molar-refractivity contribution is -0.147. The van der Waals surface area contributed by atoms with Gasteiger partial charge in [-0.2, -0.15) is 0 Å². The van der Waals surface area contributed by atoms with Crippen molar-refractivity contribution in [1.29, 1.82) is 0 Å². The summed E-state index contributed by atoms with van der Waals surface area (Å²) in [5, 5.41) is 0.712. The van der Waals surface area contributed by atoms with Gasteiger partial charge in [-0.25, -0.2) is 9.59 Å². The van der Waals surface area contributed by atoms with E-state index >= 15 is 0 Å². The molecule has 0 amide bonds. The molecule has 0 saturated heterocycles. The zero-order chi connectivity index (χ0) is 20.5. The van der Waals surface area contributed by atoms with Crippen LogP contribution < -0.4 is 19.8 Å². The maximum absolute atomic E-state index is 12.7. The number of fused-ring (bicyclic) bond motifs is 2. The fourth-order valence-electron chi connectivity index (χ4n) is 3.35. The first-order valence-corrected chi connectivity index (χ1v) is 9.20. The van der Waals surface area contributed by atoms with Crippen LogP contribution in [0, 0.1) is 6.92 Å². The molecular weight excluding hydrogens is 376 g/mol. The van der Waals surface area contributed by atoms with E-state index in [1.165, 1.54) is 7.11 Å². The molecule has 0 spiro atoms. The molecule has 3 aromatic rings. The molecule has 4 rings (SSSR count). The molecule has 0 radical (unpaired) electrons. The normalized spacial score (nSPS) is 13.8. The van der Waals surface area contributed by atoms with Crippen molar-refractivity contribution in [2.24, 2.45) is 0 Å². The monoisotopic (exact) mass is 396 g/mol. The third-order valence-corrected chi connectivity index (χ3v) is 4.81. The fourth-order valence-corrected chi connectivity index (χ4v) is 3.35. The van der Waals surface area contributed by atoms with Gasteiger partial charge in [0.2, 0.25) is 0 Å². The van der Waals surface area contributed by atoms with Crippen LogP contribution in [0.4, 0.5) is 0 Å². The van der Waals surface area contributed by atoms with Crippen molar-refractivity contribution in [1.82, 2.24) is 0 Å². The predicted octanol–water partition coefficient (Wildman–Crippen LogP) is 3.48. The highest BCUT2D eigenvalue weighted by Gasteiger charge is 2.19. The molecule has 1 atom stereocenters. The lowest BCUT2D eigenvalue weighted by atomic mass is 9.99. The Balaban J connectivity index is 1.79. The molecule has 0 aliphatic carbocycles. The van der Waals surface area contributed by atoms with Crippen LogP contribution in [0.5, 0.6) is 17.2 Å². The Labute approximate surface area is 166 Å². The summed E-state index contributed by atoms with van der Waals surface area (Å²) in [7, 11) is 1.31. The second-order valence-corrected chi connectivity index (χ2v) is 6.69. The zero-order valence-corrected chi connectivity index (χ0v) is 16.3. The van der Waals surface area contributed by atoms with E-state index in [0.717, 1.165) is 5.56 Å². The Hall–Kier alpha value is -3.48. The molecule has 0 fully saturated rings. The zero-order valence-electron chi connectivity index (χ0n) is 16.3. The van der Waals surface area contributed by atoms with Gasteiger partial charge in [-0.05, 0) is 55.3 Å². The molecule has 29 heavy (non-hydrogen) atoms. The lowest BCUT2D eigenvalue weighted by Crippen LogP contribution is -2.24.